The summed E-state index contributed by atoms with van der Waals surface area (Å²) < 4.78 is 52.0. The maximum Gasteiger partial charge on any atom is 0.288 e. The van der Waals surface area contributed by atoms with Crippen molar-refractivity contribution in [1.29, 1.82) is 0 Å². The molecule has 2 N–H and O–H groups in total. The molecule has 0 spiro atoms. The Kier molecular flexibility index (Phi) is 5.47. The fraction of sp³-hybridized carbons (Fsp3) is 0.235. The van der Waals surface area contributed by atoms with Gasteiger partial charge in [0.25, 0.3) is 21.7 Å². The van der Waals surface area contributed by atoms with Gasteiger partial charge in [0.05, 0.1) is 4.90 Å². The molecule has 3 rings (SSSR count). The predicted octanol–water partition coefficient (Wildman–Crippen LogP) is 3.69. The lowest BCUT2D eigenvalue weighted by molar-refractivity contribution is 0.0951. The molecule has 0 aromatic heterocycles. The Morgan fingerprint density at radius 3 is 2.42 bits per heavy atom. The lowest BCUT2D eigenvalue weighted by atomic mass is 10.2. The van der Waals surface area contributed by atoms with Gasteiger partial charge in [-0.2, -0.15) is 8.78 Å². The van der Waals surface area contributed by atoms with Crippen LogP contribution in [0.3, 0.4) is 0 Å². The third kappa shape index (κ3) is 4.95. The lowest BCUT2D eigenvalue weighted by Gasteiger charge is -2.10. The summed E-state index contributed by atoms with van der Waals surface area (Å²) >= 11 is 0.381. The van der Waals surface area contributed by atoms with Crippen LogP contribution in [0.15, 0.2) is 58.3 Å². The highest BCUT2D eigenvalue weighted by molar-refractivity contribution is 7.99. The predicted molar refractivity (Wildman–Crippen MR) is 96.0 cm³/mol. The van der Waals surface area contributed by atoms with Crippen LogP contribution in [0.1, 0.15) is 23.2 Å². The Labute approximate surface area is 154 Å². The van der Waals surface area contributed by atoms with E-state index in [2.05, 4.69) is 10.0 Å². The monoisotopic (exact) mass is 398 g/mol. The van der Waals surface area contributed by atoms with Crippen LogP contribution in [-0.4, -0.2) is 26.1 Å². The second-order valence-corrected chi connectivity index (χ2v) is 8.53. The second-order valence-electron chi connectivity index (χ2n) is 5.78. The molecule has 0 heterocycles. The van der Waals surface area contributed by atoms with Crippen molar-refractivity contribution >= 4 is 33.4 Å². The van der Waals surface area contributed by atoms with E-state index in [-0.39, 0.29) is 28.1 Å². The van der Waals surface area contributed by atoms with Gasteiger partial charge in [-0.15, -0.1) is 0 Å². The molecule has 0 atom stereocenters. The van der Waals surface area contributed by atoms with Crippen LogP contribution in [-0.2, 0) is 10.0 Å². The number of carbonyl (C=O) groups is 1. The molecular formula is C17H16F2N2O3S2. The number of hydrogen-bond acceptors (Lipinski definition) is 4. The molecule has 1 fully saturated rings. The minimum absolute atomic E-state index is 0.0491. The summed E-state index contributed by atoms with van der Waals surface area (Å²) in [6.07, 6.45) is 1.87. The SMILES string of the molecule is O=C(NC1CC1)c1cccc(S(=O)(=O)Nc2ccc(SC(F)F)cc2)c1. The third-order valence-electron chi connectivity index (χ3n) is 3.65. The smallest absolute Gasteiger partial charge is 0.288 e. The number of anilines is 1. The van der Waals surface area contributed by atoms with Crippen LogP contribution < -0.4 is 10.0 Å². The summed E-state index contributed by atoms with van der Waals surface area (Å²) in [6, 6.07) is 11.6. The molecule has 0 radical (unpaired) electrons. The molecule has 2 aromatic carbocycles. The first-order valence-electron chi connectivity index (χ1n) is 7.82. The van der Waals surface area contributed by atoms with Gasteiger partial charge in [0, 0.05) is 22.2 Å². The molecule has 1 saturated carbocycles. The van der Waals surface area contributed by atoms with Crippen molar-refractivity contribution in [3.8, 4) is 0 Å². The molecule has 138 valence electrons. The summed E-state index contributed by atoms with van der Waals surface area (Å²) in [7, 11) is -3.90. The van der Waals surface area contributed by atoms with E-state index in [0.717, 1.165) is 12.8 Å². The zero-order valence-corrected chi connectivity index (χ0v) is 15.1. The number of hydrogen-bond donors (Lipinski definition) is 2. The number of nitrogens with one attached hydrogen (secondary N) is 2. The Morgan fingerprint density at radius 1 is 1.12 bits per heavy atom. The van der Waals surface area contributed by atoms with Crippen molar-refractivity contribution in [2.24, 2.45) is 0 Å². The normalized spacial score (nSPS) is 14.3. The van der Waals surface area contributed by atoms with Gasteiger partial charge in [0.15, 0.2) is 0 Å². The van der Waals surface area contributed by atoms with Crippen LogP contribution in [0.4, 0.5) is 14.5 Å². The van der Waals surface area contributed by atoms with E-state index in [1.165, 1.54) is 42.5 Å². The standard InChI is InChI=1S/C17H16F2N2O3S2/c18-17(19)25-14-8-6-13(7-9-14)21-26(23,24)15-3-1-2-11(10-15)16(22)20-12-4-5-12/h1-3,6-10,12,17,21H,4-5H2,(H,20,22). The molecule has 26 heavy (non-hydrogen) atoms. The first-order valence-corrected chi connectivity index (χ1v) is 10.2. The van der Waals surface area contributed by atoms with Crippen molar-refractivity contribution < 1.29 is 22.0 Å². The number of rotatable bonds is 7. The molecule has 1 aliphatic carbocycles. The molecule has 9 heteroatoms. The molecule has 0 aliphatic heterocycles. The minimum atomic E-state index is -3.90. The molecule has 0 bridgehead atoms. The average Bonchev–Trinajstić information content (AvgIpc) is 3.40. The molecular weight excluding hydrogens is 382 g/mol. The van der Waals surface area contributed by atoms with Crippen LogP contribution in [0, 0.1) is 0 Å². The molecule has 0 unspecified atom stereocenters. The van der Waals surface area contributed by atoms with Gasteiger partial charge in [-0.25, -0.2) is 8.42 Å². The fourth-order valence-electron chi connectivity index (χ4n) is 2.22. The number of thioether (sulfide) groups is 1. The average molecular weight is 398 g/mol. The lowest BCUT2D eigenvalue weighted by Crippen LogP contribution is -2.25. The highest BCUT2D eigenvalue weighted by Crippen LogP contribution is 2.27. The Morgan fingerprint density at radius 2 is 1.81 bits per heavy atom. The number of carbonyl (C=O) groups excluding carboxylic acids is 1. The van der Waals surface area contributed by atoms with Gasteiger partial charge < -0.3 is 5.32 Å². The summed E-state index contributed by atoms with van der Waals surface area (Å²) in [4.78, 5) is 12.4. The number of sulfonamides is 1. The first kappa shape index (κ1) is 18.7. The number of benzene rings is 2. The van der Waals surface area contributed by atoms with Crippen molar-refractivity contribution in [1.82, 2.24) is 5.32 Å². The van der Waals surface area contributed by atoms with Crippen LogP contribution in [0.2, 0.25) is 0 Å². The summed E-state index contributed by atoms with van der Waals surface area (Å²) in [6.45, 7) is 0. The fourth-order valence-corrected chi connectivity index (χ4v) is 3.82. The Hall–Kier alpha value is -2.13. The zero-order valence-electron chi connectivity index (χ0n) is 13.5. The van der Waals surface area contributed by atoms with Gasteiger partial charge in [-0.05, 0) is 55.3 Å². The summed E-state index contributed by atoms with van der Waals surface area (Å²) in [5.74, 6) is -2.85. The highest BCUT2D eigenvalue weighted by atomic mass is 32.2. The quantitative estimate of drug-likeness (QED) is 0.698. The second kappa shape index (κ2) is 7.63. The number of amides is 1. The van der Waals surface area contributed by atoms with E-state index in [4.69, 9.17) is 0 Å². The Bertz CT molecular complexity index is 898. The van der Waals surface area contributed by atoms with E-state index >= 15 is 0 Å². The number of alkyl halides is 2. The van der Waals surface area contributed by atoms with Crippen LogP contribution >= 0.6 is 11.8 Å². The van der Waals surface area contributed by atoms with Gasteiger partial charge in [0.1, 0.15) is 0 Å². The van der Waals surface area contributed by atoms with Crippen molar-refractivity contribution in [2.45, 2.75) is 34.4 Å². The third-order valence-corrected chi connectivity index (χ3v) is 5.75. The highest BCUT2D eigenvalue weighted by Gasteiger charge is 2.24. The van der Waals surface area contributed by atoms with Gasteiger partial charge in [0.2, 0.25) is 0 Å². The van der Waals surface area contributed by atoms with Crippen LogP contribution in [0.25, 0.3) is 0 Å². The van der Waals surface area contributed by atoms with E-state index in [1.54, 1.807) is 6.07 Å². The van der Waals surface area contributed by atoms with Crippen molar-refractivity contribution in [3.05, 3.63) is 54.1 Å². The van der Waals surface area contributed by atoms with Crippen molar-refractivity contribution in [2.75, 3.05) is 4.72 Å². The summed E-state index contributed by atoms with van der Waals surface area (Å²) in [5.41, 5.74) is 0.514. The molecule has 0 saturated heterocycles. The summed E-state index contributed by atoms with van der Waals surface area (Å²) in [5, 5.41) is 2.80. The zero-order chi connectivity index (χ0) is 18.7. The van der Waals surface area contributed by atoms with Gasteiger partial charge in [-0.1, -0.05) is 17.8 Å². The maximum atomic E-state index is 12.5. The van der Waals surface area contributed by atoms with Gasteiger partial charge in [-0.3, -0.25) is 9.52 Å². The molecule has 1 amide bonds. The topological polar surface area (TPSA) is 75.3 Å². The number of halogens is 2. The van der Waals surface area contributed by atoms with E-state index in [1.807, 2.05) is 0 Å². The maximum absolute atomic E-state index is 12.5. The Balaban J connectivity index is 1.74. The minimum Gasteiger partial charge on any atom is -0.349 e. The molecule has 1 aliphatic rings. The van der Waals surface area contributed by atoms with E-state index in [9.17, 15) is 22.0 Å². The molecule has 2 aromatic rings. The van der Waals surface area contributed by atoms with Crippen molar-refractivity contribution in [3.63, 3.8) is 0 Å². The van der Waals surface area contributed by atoms with Crippen LogP contribution in [0.5, 0.6) is 0 Å². The van der Waals surface area contributed by atoms with Gasteiger partial charge >= 0.3 is 0 Å². The van der Waals surface area contributed by atoms with E-state index < -0.39 is 15.8 Å². The van der Waals surface area contributed by atoms with E-state index in [0.29, 0.717) is 16.7 Å². The molecule has 5 nitrogen and oxygen atoms in total. The largest absolute Gasteiger partial charge is 0.349 e. The first-order chi connectivity index (χ1) is 12.3.